The number of benzene rings is 1. The van der Waals surface area contributed by atoms with Gasteiger partial charge in [0.2, 0.25) is 5.91 Å². The predicted octanol–water partition coefficient (Wildman–Crippen LogP) is 1.08. The lowest BCUT2D eigenvalue weighted by atomic mass is 10.1. The van der Waals surface area contributed by atoms with Crippen molar-refractivity contribution in [2.24, 2.45) is 11.7 Å². The van der Waals surface area contributed by atoms with Crippen LogP contribution in [0.1, 0.15) is 12.5 Å². The number of primary amides is 1. The molecular formula is C12H17FN2O. The lowest BCUT2D eigenvalue weighted by Gasteiger charge is -2.08. The predicted molar refractivity (Wildman–Crippen MR) is 61.3 cm³/mol. The highest BCUT2D eigenvalue weighted by molar-refractivity contribution is 5.76. The number of nitrogens with two attached hydrogens (primary N) is 1. The molecule has 3 nitrogen and oxygen atoms in total. The fraction of sp³-hybridized carbons (Fsp3) is 0.417. The number of halogens is 1. The van der Waals surface area contributed by atoms with Crippen molar-refractivity contribution >= 4 is 5.91 Å². The highest BCUT2D eigenvalue weighted by Gasteiger charge is 2.06. The summed E-state index contributed by atoms with van der Waals surface area (Å²) in [5.74, 6) is -0.679. The molecule has 0 aliphatic heterocycles. The van der Waals surface area contributed by atoms with E-state index in [1.165, 1.54) is 12.1 Å². The third-order valence-corrected chi connectivity index (χ3v) is 2.44. The Balaban J connectivity index is 2.21. The topological polar surface area (TPSA) is 55.1 Å². The van der Waals surface area contributed by atoms with Gasteiger partial charge >= 0.3 is 0 Å². The van der Waals surface area contributed by atoms with E-state index in [0.717, 1.165) is 18.5 Å². The van der Waals surface area contributed by atoms with Crippen LogP contribution in [0.2, 0.25) is 0 Å². The van der Waals surface area contributed by atoms with Crippen molar-refractivity contribution in [1.29, 1.82) is 0 Å². The molecule has 0 saturated carbocycles. The van der Waals surface area contributed by atoms with Crippen LogP contribution < -0.4 is 11.1 Å². The molecule has 3 N–H and O–H groups in total. The Morgan fingerprint density at radius 2 is 2.06 bits per heavy atom. The molecule has 0 spiro atoms. The number of hydrogen-bond donors (Lipinski definition) is 2. The minimum atomic E-state index is -0.297. The van der Waals surface area contributed by atoms with Crippen LogP contribution in [0.25, 0.3) is 0 Å². The molecule has 1 atom stereocenters. The van der Waals surface area contributed by atoms with E-state index in [-0.39, 0.29) is 17.6 Å². The Bertz CT molecular complexity index is 337. The van der Waals surface area contributed by atoms with Crippen LogP contribution in [-0.4, -0.2) is 19.0 Å². The average molecular weight is 224 g/mol. The summed E-state index contributed by atoms with van der Waals surface area (Å²) in [4.78, 5) is 10.7. The fourth-order valence-corrected chi connectivity index (χ4v) is 1.30. The molecule has 0 aromatic heterocycles. The van der Waals surface area contributed by atoms with Crippen molar-refractivity contribution in [3.8, 4) is 0 Å². The molecule has 0 aliphatic rings. The van der Waals surface area contributed by atoms with Crippen molar-refractivity contribution in [2.75, 3.05) is 13.1 Å². The molecule has 4 heteroatoms. The SMILES string of the molecule is CC(CNCCc1ccc(F)cc1)C(N)=O. The van der Waals surface area contributed by atoms with E-state index in [2.05, 4.69) is 5.32 Å². The quantitative estimate of drug-likeness (QED) is 0.710. The molecule has 16 heavy (non-hydrogen) atoms. The van der Waals surface area contributed by atoms with Crippen molar-refractivity contribution < 1.29 is 9.18 Å². The summed E-state index contributed by atoms with van der Waals surface area (Å²) in [6.45, 7) is 3.12. The van der Waals surface area contributed by atoms with Gasteiger partial charge in [-0.2, -0.15) is 0 Å². The molecule has 0 fully saturated rings. The molecule has 1 amide bonds. The number of carbonyl (C=O) groups is 1. The molecule has 0 saturated heterocycles. The summed E-state index contributed by atoms with van der Waals surface area (Å²) in [6, 6.07) is 6.41. The van der Waals surface area contributed by atoms with Gasteiger partial charge in [-0.15, -0.1) is 0 Å². The van der Waals surface area contributed by atoms with E-state index in [1.54, 1.807) is 19.1 Å². The van der Waals surface area contributed by atoms with Gasteiger partial charge in [0.25, 0.3) is 0 Å². The van der Waals surface area contributed by atoms with Gasteiger partial charge in [0.1, 0.15) is 5.82 Å². The second kappa shape index (κ2) is 6.23. The van der Waals surface area contributed by atoms with E-state index >= 15 is 0 Å². The Labute approximate surface area is 94.8 Å². The Kier molecular flexibility index (Phi) is 4.92. The molecule has 88 valence electrons. The van der Waals surface area contributed by atoms with Gasteiger partial charge in [-0.25, -0.2) is 4.39 Å². The zero-order chi connectivity index (χ0) is 12.0. The Morgan fingerprint density at radius 3 is 2.62 bits per heavy atom. The van der Waals surface area contributed by atoms with Crippen LogP contribution in [0.3, 0.4) is 0 Å². The molecule has 0 aliphatic carbocycles. The summed E-state index contributed by atoms with van der Waals surface area (Å²) in [5, 5.41) is 3.14. The lowest BCUT2D eigenvalue weighted by Crippen LogP contribution is -2.31. The van der Waals surface area contributed by atoms with Crippen molar-refractivity contribution in [2.45, 2.75) is 13.3 Å². The van der Waals surface area contributed by atoms with E-state index in [9.17, 15) is 9.18 Å². The molecule has 1 aromatic rings. The van der Waals surface area contributed by atoms with E-state index in [1.807, 2.05) is 0 Å². The summed E-state index contributed by atoms with van der Waals surface area (Å²) in [6.07, 6.45) is 0.811. The summed E-state index contributed by atoms with van der Waals surface area (Å²) < 4.78 is 12.6. The van der Waals surface area contributed by atoms with Crippen LogP contribution >= 0.6 is 0 Å². The number of amides is 1. The monoisotopic (exact) mass is 224 g/mol. The maximum atomic E-state index is 12.6. The summed E-state index contributed by atoms with van der Waals surface area (Å²) in [7, 11) is 0. The average Bonchev–Trinajstić information content (AvgIpc) is 2.26. The molecule has 0 bridgehead atoms. The highest BCUT2D eigenvalue weighted by Crippen LogP contribution is 2.02. The molecule has 1 rings (SSSR count). The number of hydrogen-bond acceptors (Lipinski definition) is 2. The summed E-state index contributed by atoms with van der Waals surface area (Å²) in [5.41, 5.74) is 6.20. The molecular weight excluding hydrogens is 207 g/mol. The minimum absolute atomic E-state index is 0.159. The number of nitrogens with one attached hydrogen (secondary N) is 1. The van der Waals surface area contributed by atoms with Crippen molar-refractivity contribution in [3.63, 3.8) is 0 Å². The Morgan fingerprint density at radius 1 is 1.44 bits per heavy atom. The first kappa shape index (κ1) is 12.6. The van der Waals surface area contributed by atoms with E-state index < -0.39 is 0 Å². The molecule has 0 heterocycles. The standard InChI is InChI=1S/C12H17FN2O/c1-9(12(14)16)8-15-7-6-10-2-4-11(13)5-3-10/h2-5,9,15H,6-8H2,1H3,(H2,14,16). The highest BCUT2D eigenvalue weighted by atomic mass is 19.1. The molecule has 0 radical (unpaired) electrons. The van der Waals surface area contributed by atoms with Gasteiger partial charge < -0.3 is 11.1 Å². The summed E-state index contributed by atoms with van der Waals surface area (Å²) >= 11 is 0. The second-order valence-electron chi connectivity index (χ2n) is 3.88. The largest absolute Gasteiger partial charge is 0.369 e. The van der Waals surface area contributed by atoms with E-state index in [4.69, 9.17) is 5.73 Å². The Hall–Kier alpha value is -1.42. The minimum Gasteiger partial charge on any atom is -0.369 e. The maximum Gasteiger partial charge on any atom is 0.221 e. The number of carbonyl (C=O) groups excluding carboxylic acids is 1. The van der Waals surface area contributed by atoms with Gasteiger partial charge in [-0.05, 0) is 30.7 Å². The zero-order valence-corrected chi connectivity index (χ0v) is 9.37. The van der Waals surface area contributed by atoms with Gasteiger partial charge in [0.15, 0.2) is 0 Å². The zero-order valence-electron chi connectivity index (χ0n) is 9.37. The molecule has 1 aromatic carbocycles. The normalized spacial score (nSPS) is 12.4. The first-order valence-corrected chi connectivity index (χ1v) is 5.34. The van der Waals surface area contributed by atoms with Crippen LogP contribution in [-0.2, 0) is 11.2 Å². The van der Waals surface area contributed by atoms with Gasteiger partial charge in [-0.1, -0.05) is 19.1 Å². The lowest BCUT2D eigenvalue weighted by molar-refractivity contribution is -0.121. The van der Waals surface area contributed by atoms with Crippen LogP contribution in [0.15, 0.2) is 24.3 Å². The van der Waals surface area contributed by atoms with Gasteiger partial charge in [0.05, 0.1) is 0 Å². The van der Waals surface area contributed by atoms with Crippen LogP contribution in [0, 0.1) is 11.7 Å². The van der Waals surface area contributed by atoms with Crippen molar-refractivity contribution in [1.82, 2.24) is 5.32 Å². The van der Waals surface area contributed by atoms with E-state index in [0.29, 0.717) is 6.54 Å². The second-order valence-corrected chi connectivity index (χ2v) is 3.88. The molecule has 1 unspecified atom stereocenters. The smallest absolute Gasteiger partial charge is 0.221 e. The fourth-order valence-electron chi connectivity index (χ4n) is 1.30. The van der Waals surface area contributed by atoms with Crippen LogP contribution in [0.4, 0.5) is 4.39 Å². The van der Waals surface area contributed by atoms with Gasteiger partial charge in [0, 0.05) is 12.5 Å². The maximum absolute atomic E-state index is 12.6. The number of rotatable bonds is 6. The van der Waals surface area contributed by atoms with Crippen molar-refractivity contribution in [3.05, 3.63) is 35.6 Å². The van der Waals surface area contributed by atoms with Gasteiger partial charge in [-0.3, -0.25) is 4.79 Å². The first-order valence-electron chi connectivity index (χ1n) is 5.34. The first-order chi connectivity index (χ1) is 7.59. The van der Waals surface area contributed by atoms with Crippen LogP contribution in [0.5, 0.6) is 0 Å². The third-order valence-electron chi connectivity index (χ3n) is 2.44. The third kappa shape index (κ3) is 4.40.